The number of aromatic amines is 1. The number of rotatable bonds is 4. The zero-order valence-electron chi connectivity index (χ0n) is 12.9. The predicted molar refractivity (Wildman–Crippen MR) is 86.3 cm³/mol. The number of nitrogens with zero attached hydrogens (tertiary/aromatic N) is 2. The molecule has 2 fully saturated rings. The van der Waals surface area contributed by atoms with Crippen LogP contribution in [0.4, 0.5) is 0 Å². The third-order valence-electron chi connectivity index (χ3n) is 5.08. The number of H-pyrrole nitrogens is 1. The number of hydrogen-bond acceptors (Lipinski definition) is 3. The van der Waals surface area contributed by atoms with Crippen molar-refractivity contribution in [3.05, 3.63) is 42.2 Å². The van der Waals surface area contributed by atoms with E-state index in [1.807, 2.05) is 12.4 Å². The number of ether oxygens (including phenoxy) is 1. The van der Waals surface area contributed by atoms with Crippen LogP contribution in [0.5, 0.6) is 0 Å². The Morgan fingerprint density at radius 2 is 2.00 bits per heavy atom. The van der Waals surface area contributed by atoms with Crippen molar-refractivity contribution in [2.45, 2.75) is 19.4 Å². The normalized spacial score (nSPS) is 20.9. The highest BCUT2D eigenvalue weighted by molar-refractivity contribution is 5.62. The van der Waals surface area contributed by atoms with Crippen molar-refractivity contribution < 1.29 is 4.74 Å². The Bertz CT molecular complexity index is 599. The van der Waals surface area contributed by atoms with Gasteiger partial charge in [-0.1, -0.05) is 18.2 Å². The van der Waals surface area contributed by atoms with Gasteiger partial charge in [0.1, 0.15) is 0 Å². The van der Waals surface area contributed by atoms with Crippen molar-refractivity contribution >= 4 is 0 Å². The maximum atomic E-state index is 5.47. The fourth-order valence-corrected chi connectivity index (χ4v) is 3.74. The SMILES string of the molecule is c1cc(CN2CC(C3CCOCC3)C2)cc(-c2cn[nH]c2)c1. The van der Waals surface area contributed by atoms with Gasteiger partial charge in [0.15, 0.2) is 0 Å². The average molecular weight is 297 g/mol. The van der Waals surface area contributed by atoms with Crippen LogP contribution in [0.3, 0.4) is 0 Å². The van der Waals surface area contributed by atoms with Gasteiger partial charge in [0.05, 0.1) is 6.20 Å². The van der Waals surface area contributed by atoms with E-state index in [0.717, 1.165) is 37.2 Å². The second-order valence-corrected chi connectivity index (χ2v) is 6.59. The topological polar surface area (TPSA) is 41.1 Å². The van der Waals surface area contributed by atoms with Gasteiger partial charge in [-0.25, -0.2) is 0 Å². The average Bonchev–Trinajstić information content (AvgIpc) is 3.06. The summed E-state index contributed by atoms with van der Waals surface area (Å²) >= 11 is 0. The lowest BCUT2D eigenvalue weighted by Gasteiger charge is -2.44. The first-order chi connectivity index (χ1) is 10.9. The van der Waals surface area contributed by atoms with Gasteiger partial charge in [0.2, 0.25) is 0 Å². The molecule has 2 saturated heterocycles. The van der Waals surface area contributed by atoms with E-state index >= 15 is 0 Å². The number of nitrogens with one attached hydrogen (secondary N) is 1. The van der Waals surface area contributed by atoms with Crippen LogP contribution in [0.2, 0.25) is 0 Å². The van der Waals surface area contributed by atoms with Crippen molar-refractivity contribution in [3.8, 4) is 11.1 Å². The maximum Gasteiger partial charge on any atom is 0.0565 e. The summed E-state index contributed by atoms with van der Waals surface area (Å²) in [5.41, 5.74) is 3.79. The third kappa shape index (κ3) is 2.94. The Hall–Kier alpha value is -1.65. The molecule has 0 unspecified atom stereocenters. The van der Waals surface area contributed by atoms with Crippen molar-refractivity contribution in [1.82, 2.24) is 15.1 Å². The van der Waals surface area contributed by atoms with Gasteiger partial charge in [-0.15, -0.1) is 0 Å². The van der Waals surface area contributed by atoms with Gasteiger partial charge < -0.3 is 4.74 Å². The molecule has 22 heavy (non-hydrogen) atoms. The van der Waals surface area contributed by atoms with Crippen molar-refractivity contribution in [2.75, 3.05) is 26.3 Å². The highest BCUT2D eigenvalue weighted by Gasteiger charge is 2.33. The lowest BCUT2D eigenvalue weighted by atomic mass is 9.81. The molecule has 0 aliphatic carbocycles. The summed E-state index contributed by atoms with van der Waals surface area (Å²) < 4.78 is 5.47. The number of hydrogen-bond donors (Lipinski definition) is 1. The monoisotopic (exact) mass is 297 g/mol. The van der Waals surface area contributed by atoms with Gasteiger partial charge in [-0.3, -0.25) is 10.00 Å². The van der Waals surface area contributed by atoms with Crippen LogP contribution in [0.1, 0.15) is 18.4 Å². The molecule has 3 heterocycles. The van der Waals surface area contributed by atoms with E-state index < -0.39 is 0 Å². The Balaban J connectivity index is 1.34. The molecule has 1 aromatic carbocycles. The van der Waals surface area contributed by atoms with E-state index in [4.69, 9.17) is 4.74 Å². The smallest absolute Gasteiger partial charge is 0.0565 e. The van der Waals surface area contributed by atoms with Crippen molar-refractivity contribution in [3.63, 3.8) is 0 Å². The summed E-state index contributed by atoms with van der Waals surface area (Å²) in [5.74, 6) is 1.78. The molecule has 0 saturated carbocycles. The summed E-state index contributed by atoms with van der Waals surface area (Å²) in [5, 5.41) is 6.91. The molecule has 2 aliphatic rings. The fourth-order valence-electron chi connectivity index (χ4n) is 3.74. The molecule has 0 amide bonds. The lowest BCUT2D eigenvalue weighted by molar-refractivity contribution is -0.0104. The highest BCUT2D eigenvalue weighted by atomic mass is 16.5. The molecular formula is C18H23N3O. The molecule has 0 atom stereocenters. The minimum Gasteiger partial charge on any atom is -0.381 e. The third-order valence-corrected chi connectivity index (χ3v) is 5.08. The molecule has 1 N–H and O–H groups in total. The van der Waals surface area contributed by atoms with E-state index in [9.17, 15) is 0 Å². The molecule has 0 radical (unpaired) electrons. The van der Waals surface area contributed by atoms with Gasteiger partial charge in [0.25, 0.3) is 0 Å². The van der Waals surface area contributed by atoms with Crippen LogP contribution in [-0.2, 0) is 11.3 Å². The summed E-state index contributed by atoms with van der Waals surface area (Å²) in [6.45, 7) is 5.49. The summed E-state index contributed by atoms with van der Waals surface area (Å²) in [6.07, 6.45) is 6.34. The molecule has 2 aliphatic heterocycles. The standard InChI is InChI=1S/C18H23N3O/c1-2-14(8-16(3-1)17-9-19-20-10-17)11-21-12-18(13-21)15-4-6-22-7-5-15/h1-3,8-10,15,18H,4-7,11-13H2,(H,19,20). The fraction of sp³-hybridized carbons (Fsp3) is 0.500. The lowest BCUT2D eigenvalue weighted by Crippen LogP contribution is -2.50. The Morgan fingerprint density at radius 1 is 1.14 bits per heavy atom. The van der Waals surface area contributed by atoms with Crippen LogP contribution in [0.15, 0.2) is 36.7 Å². The minimum absolute atomic E-state index is 0.890. The molecule has 1 aromatic heterocycles. The van der Waals surface area contributed by atoms with Crippen molar-refractivity contribution in [2.24, 2.45) is 11.8 Å². The first-order valence-electron chi connectivity index (χ1n) is 8.27. The minimum atomic E-state index is 0.890. The summed E-state index contributed by atoms with van der Waals surface area (Å²) in [4.78, 5) is 2.56. The molecule has 4 heteroatoms. The van der Waals surface area contributed by atoms with E-state index in [2.05, 4.69) is 39.4 Å². The number of aromatic nitrogens is 2. The largest absolute Gasteiger partial charge is 0.381 e. The highest BCUT2D eigenvalue weighted by Crippen LogP contribution is 2.32. The predicted octanol–water partition coefficient (Wildman–Crippen LogP) is 2.94. The first kappa shape index (κ1) is 14.0. The van der Waals surface area contributed by atoms with Gasteiger partial charge in [0, 0.05) is 44.6 Å². The molecule has 0 bridgehead atoms. The number of benzene rings is 1. The van der Waals surface area contributed by atoms with Crippen LogP contribution in [-0.4, -0.2) is 41.4 Å². The molecule has 2 aromatic rings. The zero-order valence-corrected chi connectivity index (χ0v) is 12.9. The van der Waals surface area contributed by atoms with Crippen LogP contribution in [0, 0.1) is 11.8 Å². The van der Waals surface area contributed by atoms with Gasteiger partial charge in [-0.2, -0.15) is 5.10 Å². The second-order valence-electron chi connectivity index (χ2n) is 6.59. The van der Waals surface area contributed by atoms with Gasteiger partial charge >= 0.3 is 0 Å². The van der Waals surface area contributed by atoms with E-state index in [0.29, 0.717) is 0 Å². The van der Waals surface area contributed by atoms with E-state index in [1.165, 1.54) is 37.1 Å². The maximum absolute atomic E-state index is 5.47. The van der Waals surface area contributed by atoms with Gasteiger partial charge in [-0.05, 0) is 41.9 Å². The Labute approximate surface area is 131 Å². The van der Waals surface area contributed by atoms with Crippen LogP contribution >= 0.6 is 0 Å². The quantitative estimate of drug-likeness (QED) is 0.943. The van der Waals surface area contributed by atoms with E-state index in [1.54, 1.807) is 0 Å². The number of likely N-dealkylation sites (tertiary alicyclic amines) is 1. The molecule has 4 nitrogen and oxygen atoms in total. The molecular weight excluding hydrogens is 274 g/mol. The van der Waals surface area contributed by atoms with E-state index in [-0.39, 0.29) is 0 Å². The Kier molecular flexibility index (Phi) is 3.95. The zero-order chi connectivity index (χ0) is 14.8. The summed E-state index contributed by atoms with van der Waals surface area (Å²) in [7, 11) is 0. The van der Waals surface area contributed by atoms with Crippen LogP contribution < -0.4 is 0 Å². The molecule has 4 rings (SSSR count). The summed E-state index contributed by atoms with van der Waals surface area (Å²) in [6, 6.07) is 8.81. The molecule has 0 spiro atoms. The first-order valence-corrected chi connectivity index (χ1v) is 8.27. The van der Waals surface area contributed by atoms with Crippen molar-refractivity contribution in [1.29, 1.82) is 0 Å². The second kappa shape index (κ2) is 6.23. The Morgan fingerprint density at radius 3 is 2.77 bits per heavy atom. The van der Waals surface area contributed by atoms with Crippen LogP contribution in [0.25, 0.3) is 11.1 Å². The molecule has 116 valence electrons.